The maximum atomic E-state index is 9.57. The van der Waals surface area contributed by atoms with E-state index >= 15 is 0 Å². The molecule has 2 heteroatoms. The van der Waals surface area contributed by atoms with Gasteiger partial charge in [-0.05, 0) is 54.0 Å². The number of hydrogen-bond donors (Lipinski definition) is 1. The van der Waals surface area contributed by atoms with E-state index in [4.69, 9.17) is 4.74 Å². The van der Waals surface area contributed by atoms with Crippen LogP contribution in [0.3, 0.4) is 0 Å². The fourth-order valence-corrected chi connectivity index (χ4v) is 2.30. The van der Waals surface area contributed by atoms with E-state index in [9.17, 15) is 5.11 Å². The molecule has 118 valence electrons. The molecule has 0 aliphatic rings. The number of hydrogen-bond acceptors (Lipinski definition) is 2. The molecule has 2 aromatic carbocycles. The molecule has 0 bridgehead atoms. The lowest BCUT2D eigenvalue weighted by atomic mass is 9.88. The number of benzene rings is 2. The highest BCUT2D eigenvalue weighted by atomic mass is 16.5. The molecule has 2 aromatic rings. The van der Waals surface area contributed by atoms with Gasteiger partial charge in [-0.15, -0.1) is 0 Å². The van der Waals surface area contributed by atoms with Gasteiger partial charge in [-0.3, -0.25) is 0 Å². The Morgan fingerprint density at radius 2 is 1.59 bits per heavy atom. The quantitative estimate of drug-likeness (QED) is 0.816. The largest absolute Gasteiger partial charge is 0.508 e. The van der Waals surface area contributed by atoms with Gasteiger partial charge in [-0.2, -0.15) is 0 Å². The van der Waals surface area contributed by atoms with Crippen LogP contribution in [0.1, 0.15) is 43.9 Å². The van der Waals surface area contributed by atoms with Gasteiger partial charge in [-0.25, -0.2) is 0 Å². The first-order valence-corrected chi connectivity index (χ1v) is 7.83. The molecule has 0 heterocycles. The first kappa shape index (κ1) is 16.4. The summed E-state index contributed by atoms with van der Waals surface area (Å²) in [5.74, 6) is 0.946. The van der Waals surface area contributed by atoms with Crippen LogP contribution in [0.5, 0.6) is 11.5 Å². The number of phenols is 1. The third kappa shape index (κ3) is 5.44. The van der Waals surface area contributed by atoms with Crippen LogP contribution in [0.2, 0.25) is 0 Å². The molecule has 0 unspecified atom stereocenters. The monoisotopic (exact) mass is 298 g/mol. The minimum absolute atomic E-state index is 0.243. The lowest BCUT2D eigenvalue weighted by molar-refractivity contribution is 0.304. The SMILES string of the molecule is Cc1cc(O)cc(OCc2ccc(CCC(C)(C)C)cc2)c1. The predicted octanol–water partition coefficient (Wildman–Crippen LogP) is 5.26. The fourth-order valence-electron chi connectivity index (χ4n) is 2.30. The second-order valence-electron chi connectivity index (χ2n) is 7.17. The number of aryl methyl sites for hydroxylation is 2. The van der Waals surface area contributed by atoms with E-state index in [-0.39, 0.29) is 5.75 Å². The van der Waals surface area contributed by atoms with Crippen molar-refractivity contribution in [1.29, 1.82) is 0 Å². The van der Waals surface area contributed by atoms with E-state index in [1.807, 2.05) is 13.0 Å². The van der Waals surface area contributed by atoms with Crippen molar-refractivity contribution >= 4 is 0 Å². The van der Waals surface area contributed by atoms with Crippen molar-refractivity contribution in [3.63, 3.8) is 0 Å². The lowest BCUT2D eigenvalue weighted by Crippen LogP contribution is -2.06. The highest BCUT2D eigenvalue weighted by Gasteiger charge is 2.09. The molecule has 0 saturated heterocycles. The van der Waals surface area contributed by atoms with Crippen molar-refractivity contribution in [1.82, 2.24) is 0 Å². The van der Waals surface area contributed by atoms with Crippen molar-refractivity contribution in [3.8, 4) is 11.5 Å². The van der Waals surface area contributed by atoms with Crippen LogP contribution in [-0.4, -0.2) is 5.11 Å². The predicted molar refractivity (Wildman–Crippen MR) is 91.4 cm³/mol. The Hall–Kier alpha value is -1.96. The first-order chi connectivity index (χ1) is 10.3. The average molecular weight is 298 g/mol. The van der Waals surface area contributed by atoms with Crippen LogP contribution in [-0.2, 0) is 13.0 Å². The van der Waals surface area contributed by atoms with E-state index in [1.54, 1.807) is 12.1 Å². The molecule has 0 saturated carbocycles. The molecule has 1 N–H and O–H groups in total. The molecule has 0 aromatic heterocycles. The summed E-state index contributed by atoms with van der Waals surface area (Å²) in [5, 5.41) is 9.57. The Labute approximate surface area is 133 Å². The standard InChI is InChI=1S/C20H26O2/c1-15-11-18(21)13-19(12-15)22-14-17-7-5-16(6-8-17)9-10-20(2,3)4/h5-8,11-13,21H,9-10,14H2,1-4H3. The summed E-state index contributed by atoms with van der Waals surface area (Å²) in [6.45, 7) is 9.27. The van der Waals surface area contributed by atoms with E-state index in [0.717, 1.165) is 17.5 Å². The Morgan fingerprint density at radius 3 is 2.18 bits per heavy atom. The molecule has 0 amide bonds. The van der Waals surface area contributed by atoms with Gasteiger partial charge in [0.1, 0.15) is 18.1 Å². The Bertz CT molecular complexity index is 586. The lowest BCUT2D eigenvalue weighted by Gasteiger charge is -2.17. The average Bonchev–Trinajstić information content (AvgIpc) is 2.42. The highest BCUT2D eigenvalue weighted by Crippen LogP contribution is 2.23. The second kappa shape index (κ2) is 6.87. The summed E-state index contributed by atoms with van der Waals surface area (Å²) in [4.78, 5) is 0. The summed E-state index contributed by atoms with van der Waals surface area (Å²) in [7, 11) is 0. The second-order valence-corrected chi connectivity index (χ2v) is 7.17. The van der Waals surface area contributed by atoms with Crippen molar-refractivity contribution in [3.05, 3.63) is 59.2 Å². The molecular formula is C20H26O2. The molecule has 0 radical (unpaired) electrons. The third-order valence-electron chi connectivity index (χ3n) is 3.63. The van der Waals surface area contributed by atoms with Gasteiger partial charge in [-0.1, -0.05) is 45.0 Å². The summed E-state index contributed by atoms with van der Waals surface area (Å²) in [6.07, 6.45) is 2.29. The van der Waals surface area contributed by atoms with Gasteiger partial charge in [0, 0.05) is 6.07 Å². The zero-order chi connectivity index (χ0) is 16.2. The van der Waals surface area contributed by atoms with E-state index in [2.05, 4.69) is 45.0 Å². The smallest absolute Gasteiger partial charge is 0.123 e. The van der Waals surface area contributed by atoms with Crippen molar-refractivity contribution in [2.75, 3.05) is 0 Å². The van der Waals surface area contributed by atoms with E-state index in [1.165, 1.54) is 12.0 Å². The van der Waals surface area contributed by atoms with Gasteiger partial charge in [0.05, 0.1) is 0 Å². The maximum Gasteiger partial charge on any atom is 0.123 e. The molecule has 2 nitrogen and oxygen atoms in total. The first-order valence-electron chi connectivity index (χ1n) is 7.83. The highest BCUT2D eigenvalue weighted by molar-refractivity contribution is 5.37. The van der Waals surface area contributed by atoms with E-state index in [0.29, 0.717) is 17.8 Å². The number of aromatic hydroxyl groups is 1. The number of rotatable bonds is 5. The Balaban J connectivity index is 1.91. The van der Waals surface area contributed by atoms with Crippen LogP contribution in [0.4, 0.5) is 0 Å². The minimum Gasteiger partial charge on any atom is -0.508 e. The molecule has 0 aliphatic heterocycles. The zero-order valence-electron chi connectivity index (χ0n) is 14.0. The fraction of sp³-hybridized carbons (Fsp3) is 0.400. The topological polar surface area (TPSA) is 29.5 Å². The Kier molecular flexibility index (Phi) is 5.12. The summed E-state index contributed by atoms with van der Waals surface area (Å²) in [6, 6.07) is 13.9. The molecule has 2 rings (SSSR count). The normalized spacial score (nSPS) is 11.5. The molecular weight excluding hydrogens is 272 g/mol. The molecule has 0 spiro atoms. The third-order valence-corrected chi connectivity index (χ3v) is 3.63. The summed E-state index contributed by atoms with van der Waals surface area (Å²) >= 11 is 0. The van der Waals surface area contributed by atoms with Crippen molar-refractivity contribution in [2.45, 2.75) is 47.1 Å². The molecule has 22 heavy (non-hydrogen) atoms. The van der Waals surface area contributed by atoms with Crippen molar-refractivity contribution < 1.29 is 9.84 Å². The molecule has 0 fully saturated rings. The van der Waals surface area contributed by atoms with Crippen LogP contribution in [0.15, 0.2) is 42.5 Å². The van der Waals surface area contributed by atoms with E-state index < -0.39 is 0 Å². The van der Waals surface area contributed by atoms with Crippen LogP contribution in [0, 0.1) is 12.3 Å². The number of phenolic OH excluding ortho intramolecular Hbond substituents is 1. The number of ether oxygens (including phenoxy) is 1. The summed E-state index contributed by atoms with van der Waals surface area (Å²) < 4.78 is 5.75. The van der Waals surface area contributed by atoms with Gasteiger partial charge >= 0.3 is 0 Å². The van der Waals surface area contributed by atoms with Crippen molar-refractivity contribution in [2.24, 2.45) is 5.41 Å². The minimum atomic E-state index is 0.243. The molecule has 0 aliphatic carbocycles. The Morgan fingerprint density at radius 1 is 0.955 bits per heavy atom. The zero-order valence-corrected chi connectivity index (χ0v) is 14.0. The van der Waals surface area contributed by atoms with Crippen LogP contribution < -0.4 is 4.74 Å². The van der Waals surface area contributed by atoms with Gasteiger partial charge in [0.25, 0.3) is 0 Å². The van der Waals surface area contributed by atoms with Crippen LogP contribution in [0.25, 0.3) is 0 Å². The molecule has 0 atom stereocenters. The van der Waals surface area contributed by atoms with Gasteiger partial charge in [0.2, 0.25) is 0 Å². The summed E-state index contributed by atoms with van der Waals surface area (Å²) in [5.41, 5.74) is 3.87. The maximum absolute atomic E-state index is 9.57. The van der Waals surface area contributed by atoms with Gasteiger partial charge in [0.15, 0.2) is 0 Å². The van der Waals surface area contributed by atoms with Crippen LogP contribution >= 0.6 is 0 Å². The van der Waals surface area contributed by atoms with Gasteiger partial charge < -0.3 is 9.84 Å².